The number of amides is 1. The maximum absolute atomic E-state index is 12.1. The highest BCUT2D eigenvalue weighted by atomic mass is 79.9. The van der Waals surface area contributed by atoms with Crippen LogP contribution < -0.4 is 5.32 Å². The second-order valence-electron chi connectivity index (χ2n) is 4.06. The summed E-state index contributed by atoms with van der Waals surface area (Å²) >= 11 is 3.14. The first kappa shape index (κ1) is 16.5. The molecule has 1 atom stereocenters. The maximum atomic E-state index is 12.1. The van der Waals surface area contributed by atoms with Crippen molar-refractivity contribution in [1.29, 1.82) is 0 Å². The Hall–Kier alpha value is -1.51. The van der Waals surface area contributed by atoms with Crippen molar-refractivity contribution in [2.24, 2.45) is 0 Å². The molecule has 1 aromatic carbocycles. The fraction of sp³-hybridized carbons (Fsp3) is 0.417. The Morgan fingerprint density at radius 2 is 1.95 bits per heavy atom. The third kappa shape index (κ3) is 4.26. The van der Waals surface area contributed by atoms with Gasteiger partial charge in [0.05, 0.1) is 11.0 Å². The van der Waals surface area contributed by atoms with E-state index in [1.165, 1.54) is 32.4 Å². The number of nitro groups is 1. The highest BCUT2D eigenvalue weighted by Gasteiger charge is 2.20. The summed E-state index contributed by atoms with van der Waals surface area (Å²) in [5, 5.41) is 13.4. The van der Waals surface area contributed by atoms with Crippen molar-refractivity contribution in [1.82, 2.24) is 5.32 Å². The number of carbonyl (C=O) groups excluding carboxylic acids is 1. The van der Waals surface area contributed by atoms with Gasteiger partial charge in [-0.2, -0.15) is 0 Å². The summed E-state index contributed by atoms with van der Waals surface area (Å²) in [5.41, 5.74) is 0.0242. The van der Waals surface area contributed by atoms with Crippen LogP contribution in [0.5, 0.6) is 0 Å². The summed E-state index contributed by atoms with van der Waals surface area (Å²) < 4.78 is 10.5. The molecule has 0 fully saturated rings. The monoisotopic (exact) mass is 346 g/mol. The van der Waals surface area contributed by atoms with Gasteiger partial charge in [0.1, 0.15) is 0 Å². The van der Waals surface area contributed by atoms with E-state index < -0.39 is 23.2 Å². The second kappa shape index (κ2) is 7.32. The number of ether oxygens (including phenoxy) is 2. The van der Waals surface area contributed by atoms with Gasteiger partial charge in [-0.25, -0.2) is 0 Å². The normalized spacial score (nSPS) is 12.2. The molecule has 0 aliphatic rings. The molecule has 1 aromatic rings. The number of nitrogens with one attached hydrogen (secondary N) is 1. The Bertz CT molecular complexity index is 505. The van der Waals surface area contributed by atoms with Gasteiger partial charge in [-0.15, -0.1) is 0 Å². The van der Waals surface area contributed by atoms with E-state index in [0.717, 1.165) is 0 Å². The lowest BCUT2D eigenvalue weighted by molar-refractivity contribution is -0.385. The molecule has 7 nitrogen and oxygen atoms in total. The van der Waals surface area contributed by atoms with Gasteiger partial charge < -0.3 is 14.8 Å². The number of nitro benzene ring substituents is 1. The van der Waals surface area contributed by atoms with Crippen LogP contribution in [0.25, 0.3) is 0 Å². The molecule has 0 aliphatic carbocycles. The standard InChI is InChI=1S/C12H15BrN2O5/c1-7(12(19-2)20-3)14-11(16)8-4-9(13)6-10(5-8)15(17)18/h4-7,12H,1-3H3,(H,14,16). The predicted molar refractivity (Wildman–Crippen MR) is 75.5 cm³/mol. The molecular formula is C12H15BrN2O5. The van der Waals surface area contributed by atoms with E-state index in [-0.39, 0.29) is 11.3 Å². The van der Waals surface area contributed by atoms with E-state index in [9.17, 15) is 14.9 Å². The molecule has 1 amide bonds. The lowest BCUT2D eigenvalue weighted by Gasteiger charge is -2.22. The number of hydrogen-bond acceptors (Lipinski definition) is 5. The maximum Gasteiger partial charge on any atom is 0.271 e. The first-order valence-corrected chi connectivity index (χ1v) is 6.49. The van der Waals surface area contributed by atoms with Crippen LogP contribution in [0.1, 0.15) is 17.3 Å². The molecule has 20 heavy (non-hydrogen) atoms. The Labute approximate surface area is 124 Å². The SMILES string of the molecule is COC(OC)C(C)NC(=O)c1cc(Br)cc([N+](=O)[O-])c1. The van der Waals surface area contributed by atoms with Gasteiger partial charge >= 0.3 is 0 Å². The van der Waals surface area contributed by atoms with Crippen molar-refractivity contribution >= 4 is 27.5 Å². The zero-order valence-corrected chi connectivity index (χ0v) is 12.8. The molecule has 0 radical (unpaired) electrons. The topological polar surface area (TPSA) is 90.7 Å². The molecular weight excluding hydrogens is 332 g/mol. The number of halogens is 1. The third-order valence-corrected chi connectivity index (χ3v) is 3.05. The summed E-state index contributed by atoms with van der Waals surface area (Å²) in [5.74, 6) is -0.444. The molecule has 0 saturated carbocycles. The minimum Gasteiger partial charge on any atom is -0.354 e. The molecule has 1 rings (SSSR count). The average molecular weight is 347 g/mol. The molecule has 1 N–H and O–H groups in total. The van der Waals surface area contributed by atoms with Gasteiger partial charge in [0.25, 0.3) is 11.6 Å². The van der Waals surface area contributed by atoms with Gasteiger partial charge in [-0.1, -0.05) is 15.9 Å². The van der Waals surface area contributed by atoms with Gasteiger partial charge in [-0.05, 0) is 13.0 Å². The Morgan fingerprint density at radius 1 is 1.35 bits per heavy atom. The van der Waals surface area contributed by atoms with Gasteiger partial charge in [0, 0.05) is 36.4 Å². The fourth-order valence-corrected chi connectivity index (χ4v) is 2.15. The van der Waals surface area contributed by atoms with Crippen LogP contribution in [0.3, 0.4) is 0 Å². The Kier molecular flexibility index (Phi) is 6.05. The number of hydrogen-bond donors (Lipinski definition) is 1. The summed E-state index contributed by atoms with van der Waals surface area (Å²) in [6, 6.07) is 3.63. The fourth-order valence-electron chi connectivity index (χ4n) is 1.67. The Morgan fingerprint density at radius 3 is 2.45 bits per heavy atom. The summed E-state index contributed by atoms with van der Waals surface area (Å²) in [4.78, 5) is 22.3. The van der Waals surface area contributed by atoms with Crippen molar-refractivity contribution in [3.63, 3.8) is 0 Å². The zero-order chi connectivity index (χ0) is 15.3. The smallest absolute Gasteiger partial charge is 0.271 e. The van der Waals surface area contributed by atoms with E-state index >= 15 is 0 Å². The minimum absolute atomic E-state index is 0.160. The van der Waals surface area contributed by atoms with E-state index in [1.807, 2.05) is 0 Å². The molecule has 0 aromatic heterocycles. The first-order valence-electron chi connectivity index (χ1n) is 5.70. The lowest BCUT2D eigenvalue weighted by atomic mass is 10.1. The lowest BCUT2D eigenvalue weighted by Crippen LogP contribution is -2.42. The van der Waals surface area contributed by atoms with Crippen LogP contribution in [0.2, 0.25) is 0 Å². The number of rotatable bonds is 6. The van der Waals surface area contributed by atoms with Crippen LogP contribution in [-0.2, 0) is 9.47 Å². The zero-order valence-electron chi connectivity index (χ0n) is 11.3. The van der Waals surface area contributed by atoms with Crippen LogP contribution in [0, 0.1) is 10.1 Å². The molecule has 0 spiro atoms. The number of carbonyl (C=O) groups is 1. The van der Waals surface area contributed by atoms with Crippen molar-refractivity contribution < 1.29 is 19.2 Å². The van der Waals surface area contributed by atoms with Gasteiger partial charge in [0.2, 0.25) is 0 Å². The van der Waals surface area contributed by atoms with E-state index in [2.05, 4.69) is 21.2 Å². The predicted octanol–water partition coefficient (Wildman–Crippen LogP) is 2.09. The largest absolute Gasteiger partial charge is 0.354 e. The molecule has 0 aliphatic heterocycles. The summed E-state index contributed by atoms with van der Waals surface area (Å²) in [6.07, 6.45) is -0.596. The molecule has 0 saturated heterocycles. The summed E-state index contributed by atoms with van der Waals surface area (Å²) in [7, 11) is 2.92. The number of non-ortho nitro benzene ring substituents is 1. The van der Waals surface area contributed by atoms with Crippen molar-refractivity contribution in [3.8, 4) is 0 Å². The number of nitrogens with zero attached hydrogens (tertiary/aromatic N) is 1. The van der Waals surface area contributed by atoms with Crippen molar-refractivity contribution in [3.05, 3.63) is 38.3 Å². The molecule has 8 heteroatoms. The van der Waals surface area contributed by atoms with Crippen LogP contribution in [0.4, 0.5) is 5.69 Å². The van der Waals surface area contributed by atoms with E-state index in [1.54, 1.807) is 6.92 Å². The van der Waals surface area contributed by atoms with Crippen LogP contribution in [-0.4, -0.2) is 37.4 Å². The molecule has 0 bridgehead atoms. The number of benzene rings is 1. The first-order chi connectivity index (χ1) is 9.38. The van der Waals surface area contributed by atoms with Crippen LogP contribution >= 0.6 is 15.9 Å². The van der Waals surface area contributed by atoms with Gasteiger partial charge in [0.15, 0.2) is 6.29 Å². The van der Waals surface area contributed by atoms with Crippen LogP contribution in [0.15, 0.2) is 22.7 Å². The van der Waals surface area contributed by atoms with E-state index in [0.29, 0.717) is 4.47 Å². The van der Waals surface area contributed by atoms with Crippen molar-refractivity contribution in [2.45, 2.75) is 19.3 Å². The second-order valence-corrected chi connectivity index (χ2v) is 4.97. The quantitative estimate of drug-likeness (QED) is 0.483. The number of methoxy groups -OCH3 is 2. The third-order valence-electron chi connectivity index (χ3n) is 2.59. The van der Waals surface area contributed by atoms with Gasteiger partial charge in [-0.3, -0.25) is 14.9 Å². The van der Waals surface area contributed by atoms with E-state index in [4.69, 9.17) is 9.47 Å². The highest BCUT2D eigenvalue weighted by Crippen LogP contribution is 2.21. The molecule has 110 valence electrons. The minimum atomic E-state index is -0.596. The summed E-state index contributed by atoms with van der Waals surface area (Å²) in [6.45, 7) is 1.71. The molecule has 0 heterocycles. The highest BCUT2D eigenvalue weighted by molar-refractivity contribution is 9.10. The average Bonchev–Trinajstić information content (AvgIpc) is 2.39. The molecule has 1 unspecified atom stereocenters. The van der Waals surface area contributed by atoms with Crippen molar-refractivity contribution in [2.75, 3.05) is 14.2 Å². The Balaban J connectivity index is 2.90.